The monoisotopic (exact) mass is 407 g/mol. The van der Waals surface area contributed by atoms with Crippen LogP contribution in [0.15, 0.2) is 23.2 Å². The molecule has 3 N–H and O–H groups in total. The quantitative estimate of drug-likeness (QED) is 0.351. The van der Waals surface area contributed by atoms with Crippen molar-refractivity contribution < 1.29 is 4.79 Å². The highest BCUT2D eigenvalue weighted by Gasteiger charge is 2.17. The van der Waals surface area contributed by atoms with E-state index in [4.69, 9.17) is 11.6 Å². The number of anilines is 1. The van der Waals surface area contributed by atoms with E-state index in [1.165, 1.54) is 25.8 Å². The van der Waals surface area contributed by atoms with Crippen molar-refractivity contribution in [2.75, 3.05) is 38.5 Å². The summed E-state index contributed by atoms with van der Waals surface area (Å²) in [5, 5.41) is 9.91. The van der Waals surface area contributed by atoms with Gasteiger partial charge >= 0.3 is 0 Å². The highest BCUT2D eigenvalue weighted by Crippen LogP contribution is 2.22. The van der Waals surface area contributed by atoms with Gasteiger partial charge in [-0.05, 0) is 57.4 Å². The maximum absolute atomic E-state index is 12.1. The van der Waals surface area contributed by atoms with E-state index in [9.17, 15) is 4.79 Å². The first-order chi connectivity index (χ1) is 13.5. The standard InChI is InChI=1S/C21H34ClN5O/c1-16-8-9-19(18(22)15-16)26-20(28)10-12-25-21(23-3)24-11-6-14-27-13-5-4-7-17(27)2/h8-9,15,17H,4-7,10-14H2,1-3H3,(H,26,28)(H2,23,24,25). The number of halogens is 1. The zero-order valence-electron chi connectivity index (χ0n) is 17.4. The van der Waals surface area contributed by atoms with Gasteiger partial charge in [0.05, 0.1) is 10.7 Å². The van der Waals surface area contributed by atoms with Crippen LogP contribution in [0.1, 0.15) is 44.6 Å². The number of aliphatic imine (C=N–C) groups is 1. The number of piperidine rings is 1. The van der Waals surface area contributed by atoms with Gasteiger partial charge in [-0.15, -0.1) is 0 Å². The highest BCUT2D eigenvalue weighted by molar-refractivity contribution is 6.33. The third-order valence-electron chi connectivity index (χ3n) is 5.12. The zero-order valence-corrected chi connectivity index (χ0v) is 18.1. The van der Waals surface area contributed by atoms with Crippen molar-refractivity contribution in [2.24, 2.45) is 4.99 Å². The van der Waals surface area contributed by atoms with Crippen molar-refractivity contribution in [1.82, 2.24) is 15.5 Å². The van der Waals surface area contributed by atoms with Gasteiger partial charge < -0.3 is 20.9 Å². The summed E-state index contributed by atoms with van der Waals surface area (Å²) in [5.41, 5.74) is 1.71. The first-order valence-electron chi connectivity index (χ1n) is 10.2. The van der Waals surface area contributed by atoms with E-state index in [1.807, 2.05) is 25.1 Å². The lowest BCUT2D eigenvalue weighted by Gasteiger charge is -2.33. The predicted molar refractivity (Wildman–Crippen MR) is 118 cm³/mol. The fraction of sp³-hybridized carbons (Fsp3) is 0.619. The average Bonchev–Trinajstić information content (AvgIpc) is 2.67. The van der Waals surface area contributed by atoms with Crippen molar-refractivity contribution in [1.29, 1.82) is 0 Å². The van der Waals surface area contributed by atoms with Crippen LogP contribution in [0.2, 0.25) is 5.02 Å². The number of carbonyl (C=O) groups is 1. The first kappa shape index (κ1) is 22.5. The molecule has 0 radical (unpaired) electrons. The second-order valence-electron chi connectivity index (χ2n) is 7.44. The van der Waals surface area contributed by atoms with Gasteiger partial charge in [-0.25, -0.2) is 0 Å². The molecular formula is C21H34ClN5O. The van der Waals surface area contributed by atoms with Crippen molar-refractivity contribution in [3.8, 4) is 0 Å². The predicted octanol–water partition coefficient (Wildman–Crippen LogP) is 3.41. The number of hydrogen-bond donors (Lipinski definition) is 3. The Balaban J connectivity index is 1.61. The molecule has 1 aromatic carbocycles. The maximum Gasteiger partial charge on any atom is 0.226 e. The molecule has 1 aliphatic rings. The molecule has 1 fully saturated rings. The SMILES string of the molecule is CN=C(NCCCN1CCCCC1C)NCCC(=O)Nc1ccc(C)cc1Cl. The second kappa shape index (κ2) is 11.9. The van der Waals surface area contributed by atoms with Crippen molar-refractivity contribution in [3.63, 3.8) is 0 Å². The fourth-order valence-electron chi connectivity index (χ4n) is 3.43. The summed E-state index contributed by atoms with van der Waals surface area (Å²) in [6.45, 7) is 8.00. The number of likely N-dealkylation sites (tertiary alicyclic amines) is 1. The van der Waals surface area contributed by atoms with Gasteiger partial charge in [0.15, 0.2) is 5.96 Å². The lowest BCUT2D eigenvalue weighted by atomic mass is 10.0. The minimum Gasteiger partial charge on any atom is -0.356 e. The molecule has 1 aliphatic heterocycles. The summed E-state index contributed by atoms with van der Waals surface area (Å²) in [7, 11) is 1.74. The Morgan fingerprint density at radius 3 is 2.79 bits per heavy atom. The summed E-state index contributed by atoms with van der Waals surface area (Å²) in [5.74, 6) is 0.653. The number of guanidine groups is 1. The molecule has 1 amide bonds. The van der Waals surface area contributed by atoms with Crippen LogP contribution in [0.25, 0.3) is 0 Å². The topological polar surface area (TPSA) is 68.8 Å². The number of benzene rings is 1. The molecule has 0 aromatic heterocycles. The normalized spacial score (nSPS) is 18.0. The molecule has 6 nitrogen and oxygen atoms in total. The number of amides is 1. The maximum atomic E-state index is 12.1. The van der Waals surface area contributed by atoms with Gasteiger partial charge in [0.2, 0.25) is 5.91 Å². The summed E-state index contributed by atoms with van der Waals surface area (Å²) in [4.78, 5) is 18.9. The van der Waals surface area contributed by atoms with E-state index < -0.39 is 0 Å². The molecule has 0 aliphatic carbocycles. The van der Waals surface area contributed by atoms with Crippen LogP contribution in [0.3, 0.4) is 0 Å². The van der Waals surface area contributed by atoms with E-state index in [-0.39, 0.29) is 5.91 Å². The second-order valence-corrected chi connectivity index (χ2v) is 7.85. The first-order valence-corrected chi connectivity index (χ1v) is 10.6. The third-order valence-corrected chi connectivity index (χ3v) is 5.43. The van der Waals surface area contributed by atoms with Gasteiger partial charge in [0.25, 0.3) is 0 Å². The number of rotatable bonds is 8. The van der Waals surface area contributed by atoms with Gasteiger partial charge in [-0.2, -0.15) is 0 Å². The Hall–Kier alpha value is -1.79. The molecule has 1 aromatic rings. The van der Waals surface area contributed by atoms with E-state index >= 15 is 0 Å². The zero-order chi connectivity index (χ0) is 20.4. The fourth-order valence-corrected chi connectivity index (χ4v) is 3.71. The molecule has 7 heteroatoms. The molecule has 1 heterocycles. The smallest absolute Gasteiger partial charge is 0.226 e. The van der Waals surface area contributed by atoms with Crippen molar-refractivity contribution in [2.45, 2.75) is 52.0 Å². The molecular weight excluding hydrogens is 374 g/mol. The van der Waals surface area contributed by atoms with Crippen LogP contribution < -0.4 is 16.0 Å². The molecule has 1 atom stereocenters. The summed E-state index contributed by atoms with van der Waals surface area (Å²) in [6.07, 6.45) is 5.41. The van der Waals surface area contributed by atoms with Gasteiger partial charge in [0, 0.05) is 39.1 Å². The number of carbonyl (C=O) groups excluding carboxylic acids is 1. The largest absolute Gasteiger partial charge is 0.356 e. The number of nitrogens with one attached hydrogen (secondary N) is 3. The Kier molecular flexibility index (Phi) is 9.58. The molecule has 0 bridgehead atoms. The Bertz CT molecular complexity index is 664. The summed E-state index contributed by atoms with van der Waals surface area (Å²) in [6, 6.07) is 6.29. The van der Waals surface area contributed by atoms with E-state index in [0.717, 1.165) is 31.0 Å². The summed E-state index contributed by atoms with van der Waals surface area (Å²) < 4.78 is 0. The van der Waals surface area contributed by atoms with Crippen LogP contribution >= 0.6 is 11.6 Å². The Morgan fingerprint density at radius 1 is 1.29 bits per heavy atom. The van der Waals surface area contributed by atoms with Crippen LogP contribution in [-0.2, 0) is 4.79 Å². The molecule has 0 spiro atoms. The molecule has 1 saturated heterocycles. The number of aryl methyl sites for hydroxylation is 1. The van der Waals surface area contributed by atoms with E-state index in [0.29, 0.717) is 29.7 Å². The molecule has 1 unspecified atom stereocenters. The minimum absolute atomic E-state index is 0.0761. The number of hydrogen-bond acceptors (Lipinski definition) is 3. The molecule has 156 valence electrons. The molecule has 28 heavy (non-hydrogen) atoms. The summed E-state index contributed by atoms with van der Waals surface area (Å²) >= 11 is 6.15. The Morgan fingerprint density at radius 2 is 2.07 bits per heavy atom. The van der Waals surface area contributed by atoms with Crippen molar-refractivity contribution >= 4 is 29.2 Å². The van der Waals surface area contributed by atoms with Crippen molar-refractivity contribution in [3.05, 3.63) is 28.8 Å². The lowest BCUT2D eigenvalue weighted by Crippen LogP contribution is -2.41. The van der Waals surface area contributed by atoms with Gasteiger partial charge in [-0.3, -0.25) is 9.79 Å². The Labute approximate surface area is 174 Å². The van der Waals surface area contributed by atoms with E-state index in [1.54, 1.807) is 7.05 Å². The van der Waals surface area contributed by atoms with Gasteiger partial charge in [-0.1, -0.05) is 24.1 Å². The van der Waals surface area contributed by atoms with Gasteiger partial charge in [0.1, 0.15) is 0 Å². The van der Waals surface area contributed by atoms with Crippen LogP contribution in [0.5, 0.6) is 0 Å². The molecule has 2 rings (SSSR count). The average molecular weight is 408 g/mol. The molecule has 0 saturated carbocycles. The van der Waals surface area contributed by atoms with E-state index in [2.05, 4.69) is 32.8 Å². The highest BCUT2D eigenvalue weighted by atomic mass is 35.5. The van der Waals surface area contributed by atoms with Crippen LogP contribution in [-0.4, -0.2) is 56.0 Å². The lowest BCUT2D eigenvalue weighted by molar-refractivity contribution is -0.116. The number of nitrogens with zero attached hydrogens (tertiary/aromatic N) is 2. The minimum atomic E-state index is -0.0761. The van der Waals surface area contributed by atoms with Crippen LogP contribution in [0, 0.1) is 6.92 Å². The third kappa shape index (κ3) is 7.68. The van der Waals surface area contributed by atoms with Crippen LogP contribution in [0.4, 0.5) is 5.69 Å².